The SMILES string of the molecule is CC(C)(C)c1nc(N)nc(-c2cccc3ccccc23)n1. The number of rotatable bonds is 1. The van der Waals surface area contributed by atoms with Gasteiger partial charge in [-0.15, -0.1) is 0 Å². The first-order valence-electron chi connectivity index (χ1n) is 6.95. The van der Waals surface area contributed by atoms with Gasteiger partial charge in [-0.2, -0.15) is 9.97 Å². The second-order valence-electron chi connectivity index (χ2n) is 6.12. The van der Waals surface area contributed by atoms with Crippen molar-refractivity contribution in [2.45, 2.75) is 26.2 Å². The molecule has 4 heteroatoms. The number of fused-ring (bicyclic) bond motifs is 1. The molecule has 0 aliphatic rings. The summed E-state index contributed by atoms with van der Waals surface area (Å²) in [6.45, 7) is 6.19. The third-order valence-electron chi connectivity index (χ3n) is 3.35. The van der Waals surface area contributed by atoms with Crippen molar-refractivity contribution in [2.75, 3.05) is 5.73 Å². The van der Waals surface area contributed by atoms with Crippen molar-refractivity contribution < 1.29 is 0 Å². The molecule has 3 rings (SSSR count). The van der Waals surface area contributed by atoms with Crippen LogP contribution in [0.5, 0.6) is 0 Å². The highest BCUT2D eigenvalue weighted by atomic mass is 15.1. The number of nitrogens with zero attached hydrogens (tertiary/aromatic N) is 3. The van der Waals surface area contributed by atoms with Crippen molar-refractivity contribution >= 4 is 16.7 Å². The van der Waals surface area contributed by atoms with Crippen molar-refractivity contribution in [3.63, 3.8) is 0 Å². The Kier molecular flexibility index (Phi) is 3.09. The minimum atomic E-state index is -0.170. The molecule has 0 saturated carbocycles. The van der Waals surface area contributed by atoms with E-state index in [9.17, 15) is 0 Å². The monoisotopic (exact) mass is 278 g/mol. The van der Waals surface area contributed by atoms with Crippen LogP contribution >= 0.6 is 0 Å². The number of hydrogen-bond donors (Lipinski definition) is 1. The molecule has 21 heavy (non-hydrogen) atoms. The molecular weight excluding hydrogens is 260 g/mol. The average Bonchev–Trinajstić information content (AvgIpc) is 2.45. The van der Waals surface area contributed by atoms with Gasteiger partial charge in [0.25, 0.3) is 0 Å². The summed E-state index contributed by atoms with van der Waals surface area (Å²) in [6.07, 6.45) is 0. The molecule has 1 aromatic heterocycles. The first-order chi connectivity index (χ1) is 9.95. The molecule has 0 fully saturated rings. The molecule has 0 saturated heterocycles. The lowest BCUT2D eigenvalue weighted by atomic mass is 9.95. The molecule has 2 N–H and O–H groups in total. The van der Waals surface area contributed by atoms with E-state index in [-0.39, 0.29) is 11.4 Å². The van der Waals surface area contributed by atoms with Crippen molar-refractivity contribution in [3.05, 3.63) is 48.3 Å². The van der Waals surface area contributed by atoms with Crippen molar-refractivity contribution in [2.24, 2.45) is 0 Å². The Balaban J connectivity index is 2.26. The summed E-state index contributed by atoms with van der Waals surface area (Å²) in [6, 6.07) is 14.3. The molecule has 0 aliphatic heterocycles. The summed E-state index contributed by atoms with van der Waals surface area (Å²) >= 11 is 0. The fourth-order valence-corrected chi connectivity index (χ4v) is 2.27. The Morgan fingerprint density at radius 2 is 1.57 bits per heavy atom. The van der Waals surface area contributed by atoms with Gasteiger partial charge >= 0.3 is 0 Å². The molecule has 4 nitrogen and oxygen atoms in total. The lowest BCUT2D eigenvalue weighted by Crippen LogP contribution is -2.18. The molecule has 0 amide bonds. The molecule has 0 bridgehead atoms. The number of hydrogen-bond acceptors (Lipinski definition) is 4. The smallest absolute Gasteiger partial charge is 0.223 e. The van der Waals surface area contributed by atoms with Crippen LogP contribution in [0.2, 0.25) is 0 Å². The number of benzene rings is 2. The van der Waals surface area contributed by atoms with E-state index in [4.69, 9.17) is 5.73 Å². The first kappa shape index (κ1) is 13.5. The lowest BCUT2D eigenvalue weighted by Gasteiger charge is -2.17. The summed E-state index contributed by atoms with van der Waals surface area (Å²) in [5, 5.41) is 2.27. The third-order valence-corrected chi connectivity index (χ3v) is 3.35. The van der Waals surface area contributed by atoms with E-state index in [2.05, 4.69) is 53.9 Å². The average molecular weight is 278 g/mol. The van der Waals surface area contributed by atoms with E-state index >= 15 is 0 Å². The molecule has 1 heterocycles. The van der Waals surface area contributed by atoms with E-state index < -0.39 is 0 Å². The molecular formula is C17H18N4. The quantitative estimate of drug-likeness (QED) is 0.739. The van der Waals surface area contributed by atoms with Crippen LogP contribution in [0.3, 0.4) is 0 Å². The van der Waals surface area contributed by atoms with Gasteiger partial charge in [0.15, 0.2) is 5.82 Å². The summed E-state index contributed by atoms with van der Waals surface area (Å²) < 4.78 is 0. The fraction of sp³-hybridized carbons (Fsp3) is 0.235. The first-order valence-corrected chi connectivity index (χ1v) is 6.95. The molecule has 3 aromatic rings. The summed E-state index contributed by atoms with van der Waals surface area (Å²) in [5.74, 6) is 1.60. The number of nitrogen functional groups attached to an aromatic ring is 1. The van der Waals surface area contributed by atoms with Gasteiger partial charge in [0.05, 0.1) is 0 Å². The van der Waals surface area contributed by atoms with Crippen LogP contribution in [0.15, 0.2) is 42.5 Å². The second-order valence-corrected chi connectivity index (χ2v) is 6.12. The highest BCUT2D eigenvalue weighted by Crippen LogP contribution is 2.28. The van der Waals surface area contributed by atoms with Crippen molar-refractivity contribution in [1.82, 2.24) is 15.0 Å². The normalized spacial score (nSPS) is 11.8. The van der Waals surface area contributed by atoms with E-state index in [1.807, 2.05) is 24.3 Å². The standard InChI is InChI=1S/C17H18N4/c1-17(2,3)15-19-14(20-16(18)21-15)13-10-6-8-11-7-4-5-9-12(11)13/h4-10H,1-3H3,(H2,18,19,20,21). The fourth-order valence-electron chi connectivity index (χ4n) is 2.27. The highest BCUT2D eigenvalue weighted by Gasteiger charge is 2.20. The Morgan fingerprint density at radius 1 is 0.857 bits per heavy atom. The van der Waals surface area contributed by atoms with Crippen LogP contribution in [0.25, 0.3) is 22.2 Å². The van der Waals surface area contributed by atoms with Crippen LogP contribution in [-0.4, -0.2) is 15.0 Å². The topological polar surface area (TPSA) is 64.7 Å². The van der Waals surface area contributed by atoms with E-state index in [1.165, 1.54) is 0 Å². The molecule has 106 valence electrons. The molecule has 0 unspecified atom stereocenters. The number of nitrogens with two attached hydrogens (primary N) is 1. The Bertz CT molecular complexity index is 798. The Hall–Kier alpha value is -2.49. The van der Waals surface area contributed by atoms with E-state index in [1.54, 1.807) is 0 Å². The molecule has 0 radical (unpaired) electrons. The van der Waals surface area contributed by atoms with Crippen LogP contribution in [0.1, 0.15) is 26.6 Å². The molecule has 0 spiro atoms. The predicted molar refractivity (Wildman–Crippen MR) is 85.9 cm³/mol. The molecule has 0 atom stereocenters. The maximum absolute atomic E-state index is 5.88. The molecule has 2 aromatic carbocycles. The van der Waals surface area contributed by atoms with Gasteiger partial charge in [0.2, 0.25) is 5.95 Å². The van der Waals surface area contributed by atoms with E-state index in [0.29, 0.717) is 11.6 Å². The lowest BCUT2D eigenvalue weighted by molar-refractivity contribution is 0.544. The van der Waals surface area contributed by atoms with Gasteiger partial charge in [0.1, 0.15) is 5.82 Å². The third kappa shape index (κ3) is 2.57. The zero-order valence-corrected chi connectivity index (χ0v) is 12.5. The molecule has 0 aliphatic carbocycles. The van der Waals surface area contributed by atoms with Gasteiger partial charge < -0.3 is 5.73 Å². The maximum atomic E-state index is 5.88. The minimum Gasteiger partial charge on any atom is -0.368 e. The Morgan fingerprint density at radius 3 is 2.33 bits per heavy atom. The largest absolute Gasteiger partial charge is 0.368 e. The number of anilines is 1. The number of aromatic nitrogens is 3. The predicted octanol–water partition coefficient (Wildman–Crippen LogP) is 3.57. The van der Waals surface area contributed by atoms with Crippen LogP contribution in [-0.2, 0) is 5.41 Å². The summed E-state index contributed by atoms with van der Waals surface area (Å²) in [7, 11) is 0. The summed E-state index contributed by atoms with van der Waals surface area (Å²) in [4.78, 5) is 13.2. The van der Waals surface area contributed by atoms with Crippen LogP contribution < -0.4 is 5.73 Å². The second kappa shape index (κ2) is 4.81. The highest BCUT2D eigenvalue weighted by molar-refractivity contribution is 5.95. The van der Waals surface area contributed by atoms with Gasteiger partial charge in [0, 0.05) is 11.0 Å². The minimum absolute atomic E-state index is 0.170. The van der Waals surface area contributed by atoms with E-state index in [0.717, 1.165) is 16.3 Å². The van der Waals surface area contributed by atoms with Gasteiger partial charge in [-0.25, -0.2) is 4.98 Å². The van der Waals surface area contributed by atoms with Crippen molar-refractivity contribution in [3.8, 4) is 11.4 Å². The van der Waals surface area contributed by atoms with Crippen LogP contribution in [0, 0.1) is 0 Å². The Labute approximate surface area is 124 Å². The van der Waals surface area contributed by atoms with Gasteiger partial charge in [-0.1, -0.05) is 63.2 Å². The van der Waals surface area contributed by atoms with Gasteiger partial charge in [-0.3, -0.25) is 0 Å². The maximum Gasteiger partial charge on any atom is 0.223 e. The zero-order valence-electron chi connectivity index (χ0n) is 12.5. The van der Waals surface area contributed by atoms with Gasteiger partial charge in [-0.05, 0) is 10.8 Å². The summed E-state index contributed by atoms with van der Waals surface area (Å²) in [5.41, 5.74) is 6.68. The van der Waals surface area contributed by atoms with Crippen molar-refractivity contribution in [1.29, 1.82) is 0 Å². The zero-order chi connectivity index (χ0) is 15.0. The van der Waals surface area contributed by atoms with Crippen LogP contribution in [0.4, 0.5) is 5.95 Å².